The van der Waals surface area contributed by atoms with Crippen LogP contribution in [0.4, 0.5) is 0 Å². The Morgan fingerprint density at radius 1 is 1.11 bits per heavy atom. The third-order valence-electron chi connectivity index (χ3n) is 2.84. The van der Waals surface area contributed by atoms with Crippen LogP contribution in [0.5, 0.6) is 0 Å². The van der Waals surface area contributed by atoms with Crippen molar-refractivity contribution >= 4 is 27.7 Å². The van der Waals surface area contributed by atoms with Gasteiger partial charge in [-0.25, -0.2) is 0 Å². The highest BCUT2D eigenvalue weighted by Gasteiger charge is 1.97. The van der Waals surface area contributed by atoms with Crippen LogP contribution < -0.4 is 5.32 Å². The molecule has 0 saturated heterocycles. The molecule has 0 unspecified atom stereocenters. The standard InChI is InChI=1S/C16H18BrNS/c1-13-11-14(7-8-16(13)17)12-18-9-10-19-15-5-3-2-4-6-15/h2-8,11,18H,9-10,12H2,1H3. The van der Waals surface area contributed by atoms with Gasteiger partial charge in [-0.15, -0.1) is 11.8 Å². The first-order valence-electron chi connectivity index (χ1n) is 6.39. The Labute approximate surface area is 127 Å². The zero-order valence-corrected chi connectivity index (χ0v) is 13.4. The van der Waals surface area contributed by atoms with E-state index in [1.807, 2.05) is 11.8 Å². The molecule has 0 saturated carbocycles. The quantitative estimate of drug-likeness (QED) is 0.609. The second-order valence-corrected chi connectivity index (χ2v) is 6.44. The highest BCUT2D eigenvalue weighted by Crippen LogP contribution is 2.17. The van der Waals surface area contributed by atoms with Crippen molar-refractivity contribution in [3.05, 3.63) is 64.1 Å². The molecule has 0 aromatic heterocycles. The van der Waals surface area contributed by atoms with Crippen molar-refractivity contribution in [1.29, 1.82) is 0 Å². The third-order valence-corrected chi connectivity index (χ3v) is 4.75. The van der Waals surface area contributed by atoms with Crippen molar-refractivity contribution in [3.8, 4) is 0 Å². The summed E-state index contributed by atoms with van der Waals surface area (Å²) in [5, 5.41) is 3.48. The van der Waals surface area contributed by atoms with Crippen LogP contribution >= 0.6 is 27.7 Å². The van der Waals surface area contributed by atoms with Crippen LogP contribution in [0.1, 0.15) is 11.1 Å². The minimum Gasteiger partial charge on any atom is -0.312 e. The lowest BCUT2D eigenvalue weighted by Crippen LogP contribution is -2.16. The monoisotopic (exact) mass is 335 g/mol. The molecule has 0 aliphatic rings. The van der Waals surface area contributed by atoms with Crippen molar-refractivity contribution < 1.29 is 0 Å². The molecule has 2 rings (SSSR count). The number of benzene rings is 2. The molecule has 0 aliphatic carbocycles. The van der Waals surface area contributed by atoms with Crippen LogP contribution in [0, 0.1) is 6.92 Å². The number of rotatable bonds is 6. The van der Waals surface area contributed by atoms with E-state index in [0.29, 0.717) is 0 Å². The van der Waals surface area contributed by atoms with Crippen LogP contribution in [0.15, 0.2) is 57.9 Å². The molecule has 0 amide bonds. The summed E-state index contributed by atoms with van der Waals surface area (Å²) in [4.78, 5) is 1.34. The molecule has 0 aliphatic heterocycles. The van der Waals surface area contributed by atoms with Gasteiger partial charge in [0.1, 0.15) is 0 Å². The Bertz CT molecular complexity index is 513. The summed E-state index contributed by atoms with van der Waals surface area (Å²) in [7, 11) is 0. The van der Waals surface area contributed by atoms with E-state index in [1.165, 1.54) is 20.5 Å². The number of thioether (sulfide) groups is 1. The Morgan fingerprint density at radius 2 is 1.89 bits per heavy atom. The van der Waals surface area contributed by atoms with Gasteiger partial charge in [-0.1, -0.05) is 46.3 Å². The van der Waals surface area contributed by atoms with Gasteiger partial charge in [0.05, 0.1) is 0 Å². The van der Waals surface area contributed by atoms with Crippen molar-refractivity contribution in [2.24, 2.45) is 0 Å². The molecule has 3 heteroatoms. The van der Waals surface area contributed by atoms with E-state index in [0.717, 1.165) is 18.8 Å². The van der Waals surface area contributed by atoms with Crippen molar-refractivity contribution in [2.45, 2.75) is 18.4 Å². The lowest BCUT2D eigenvalue weighted by molar-refractivity contribution is 0.731. The number of aryl methyl sites for hydroxylation is 1. The first-order valence-corrected chi connectivity index (χ1v) is 8.17. The Hall–Kier alpha value is -0.770. The van der Waals surface area contributed by atoms with Gasteiger partial charge in [0.25, 0.3) is 0 Å². The highest BCUT2D eigenvalue weighted by molar-refractivity contribution is 9.10. The van der Waals surface area contributed by atoms with Gasteiger partial charge in [-0.2, -0.15) is 0 Å². The van der Waals surface area contributed by atoms with E-state index in [2.05, 4.69) is 76.7 Å². The van der Waals surface area contributed by atoms with Crippen LogP contribution in [0.3, 0.4) is 0 Å². The average molecular weight is 336 g/mol. The molecule has 100 valence electrons. The fourth-order valence-corrected chi connectivity index (χ4v) is 2.89. The minimum atomic E-state index is 0.934. The second kappa shape index (κ2) is 7.73. The van der Waals surface area contributed by atoms with Gasteiger partial charge >= 0.3 is 0 Å². The fraction of sp³-hybridized carbons (Fsp3) is 0.250. The van der Waals surface area contributed by atoms with Gasteiger partial charge < -0.3 is 5.32 Å². The van der Waals surface area contributed by atoms with Gasteiger partial charge in [-0.3, -0.25) is 0 Å². The maximum atomic E-state index is 3.52. The van der Waals surface area contributed by atoms with Crippen LogP contribution in [-0.2, 0) is 6.54 Å². The summed E-state index contributed by atoms with van der Waals surface area (Å²) in [5.74, 6) is 1.10. The molecule has 2 aromatic carbocycles. The predicted octanol–water partition coefficient (Wildman–Crippen LogP) is 4.64. The van der Waals surface area contributed by atoms with E-state index in [9.17, 15) is 0 Å². The van der Waals surface area contributed by atoms with E-state index in [1.54, 1.807) is 0 Å². The normalized spacial score (nSPS) is 10.6. The number of hydrogen-bond donors (Lipinski definition) is 1. The summed E-state index contributed by atoms with van der Waals surface area (Å²) in [6.45, 7) is 4.08. The highest BCUT2D eigenvalue weighted by atomic mass is 79.9. The summed E-state index contributed by atoms with van der Waals surface area (Å²) < 4.78 is 1.18. The number of halogens is 1. The zero-order chi connectivity index (χ0) is 13.5. The van der Waals surface area contributed by atoms with E-state index >= 15 is 0 Å². The molecule has 19 heavy (non-hydrogen) atoms. The largest absolute Gasteiger partial charge is 0.312 e. The molecule has 0 bridgehead atoms. The first kappa shape index (κ1) is 14.6. The summed E-state index contributed by atoms with van der Waals surface area (Å²) in [6, 6.07) is 17.0. The average Bonchev–Trinajstić information content (AvgIpc) is 2.43. The molecule has 2 aromatic rings. The van der Waals surface area contributed by atoms with E-state index in [-0.39, 0.29) is 0 Å². The zero-order valence-electron chi connectivity index (χ0n) is 11.0. The molecule has 0 atom stereocenters. The molecule has 1 N–H and O–H groups in total. The van der Waals surface area contributed by atoms with Gasteiger partial charge in [-0.05, 0) is 36.2 Å². The molecule has 0 radical (unpaired) electrons. The third kappa shape index (κ3) is 5.01. The Kier molecular flexibility index (Phi) is 5.95. The van der Waals surface area contributed by atoms with Crippen LogP contribution in [0.25, 0.3) is 0 Å². The predicted molar refractivity (Wildman–Crippen MR) is 87.8 cm³/mol. The van der Waals surface area contributed by atoms with E-state index in [4.69, 9.17) is 0 Å². The lowest BCUT2D eigenvalue weighted by Gasteiger charge is -2.07. The molecule has 0 spiro atoms. The first-order chi connectivity index (χ1) is 9.25. The smallest absolute Gasteiger partial charge is 0.0205 e. The van der Waals surface area contributed by atoms with Crippen molar-refractivity contribution in [2.75, 3.05) is 12.3 Å². The second-order valence-electron chi connectivity index (χ2n) is 4.42. The number of nitrogens with one attached hydrogen (secondary N) is 1. The van der Waals surface area contributed by atoms with Crippen LogP contribution in [0.2, 0.25) is 0 Å². The molecule has 0 heterocycles. The maximum absolute atomic E-state index is 3.52. The molecule has 0 fully saturated rings. The topological polar surface area (TPSA) is 12.0 Å². The summed E-state index contributed by atoms with van der Waals surface area (Å²) in [5.41, 5.74) is 2.63. The molecular weight excluding hydrogens is 318 g/mol. The van der Waals surface area contributed by atoms with E-state index < -0.39 is 0 Å². The Morgan fingerprint density at radius 3 is 2.63 bits per heavy atom. The van der Waals surface area contributed by atoms with Crippen molar-refractivity contribution in [1.82, 2.24) is 5.32 Å². The van der Waals surface area contributed by atoms with Gasteiger partial charge in [0.2, 0.25) is 0 Å². The summed E-state index contributed by atoms with van der Waals surface area (Å²) >= 11 is 5.42. The molecular formula is C16H18BrNS. The van der Waals surface area contributed by atoms with Gasteiger partial charge in [0, 0.05) is 28.2 Å². The number of hydrogen-bond acceptors (Lipinski definition) is 2. The minimum absolute atomic E-state index is 0.934. The Balaban J connectivity index is 1.68. The van der Waals surface area contributed by atoms with Gasteiger partial charge in [0.15, 0.2) is 0 Å². The van der Waals surface area contributed by atoms with Crippen molar-refractivity contribution in [3.63, 3.8) is 0 Å². The lowest BCUT2D eigenvalue weighted by atomic mass is 10.1. The maximum Gasteiger partial charge on any atom is 0.0205 e. The molecule has 1 nitrogen and oxygen atoms in total. The summed E-state index contributed by atoms with van der Waals surface area (Å²) in [6.07, 6.45) is 0. The fourth-order valence-electron chi connectivity index (χ4n) is 1.81. The van der Waals surface area contributed by atoms with Crippen LogP contribution in [-0.4, -0.2) is 12.3 Å². The SMILES string of the molecule is Cc1cc(CNCCSc2ccccc2)ccc1Br.